The molecule has 2 amide bonds. The van der Waals surface area contributed by atoms with Crippen molar-refractivity contribution in [1.82, 2.24) is 15.5 Å². The van der Waals surface area contributed by atoms with Crippen molar-refractivity contribution in [3.63, 3.8) is 0 Å². The molecule has 0 unspecified atom stereocenters. The summed E-state index contributed by atoms with van der Waals surface area (Å²) in [6.07, 6.45) is 2.10. The lowest BCUT2D eigenvalue weighted by atomic mass is 10.0. The smallest absolute Gasteiger partial charge is 0.243 e. The van der Waals surface area contributed by atoms with E-state index < -0.39 is 0 Å². The molecule has 1 aliphatic rings. The number of nitrogens with zero attached hydrogens (tertiary/aromatic N) is 1. The molecule has 2 rings (SSSR count). The maximum absolute atomic E-state index is 12.0. The Morgan fingerprint density at radius 2 is 1.88 bits per heavy atom. The van der Waals surface area contributed by atoms with Gasteiger partial charge in [0.15, 0.2) is 0 Å². The number of carbonyl (C=O) groups is 2. The van der Waals surface area contributed by atoms with Gasteiger partial charge in [0.25, 0.3) is 0 Å². The highest BCUT2D eigenvalue weighted by Gasteiger charge is 2.21. The van der Waals surface area contributed by atoms with Gasteiger partial charge in [0, 0.05) is 29.6 Å². The highest BCUT2D eigenvalue weighted by molar-refractivity contribution is 9.10. The molecular weight excluding hydrogens is 384 g/mol. The third-order valence-corrected chi connectivity index (χ3v) is 4.81. The van der Waals surface area contributed by atoms with Crippen molar-refractivity contribution in [1.29, 1.82) is 0 Å². The number of rotatable bonds is 7. The molecule has 0 radical (unpaired) electrons. The van der Waals surface area contributed by atoms with Gasteiger partial charge in [-0.3, -0.25) is 14.5 Å². The van der Waals surface area contributed by atoms with Crippen LogP contribution >= 0.6 is 15.9 Å². The largest absolute Gasteiger partial charge is 0.346 e. The summed E-state index contributed by atoms with van der Waals surface area (Å²) in [7, 11) is 0. The predicted molar refractivity (Wildman–Crippen MR) is 104 cm³/mol. The Hall–Kier alpha value is -1.44. The van der Waals surface area contributed by atoms with Crippen molar-refractivity contribution in [2.45, 2.75) is 38.8 Å². The van der Waals surface area contributed by atoms with Crippen molar-refractivity contribution < 1.29 is 9.59 Å². The van der Waals surface area contributed by atoms with Gasteiger partial charge in [-0.25, -0.2) is 0 Å². The van der Waals surface area contributed by atoms with E-state index in [9.17, 15) is 9.59 Å². The molecule has 6 nitrogen and oxygen atoms in total. The van der Waals surface area contributed by atoms with Crippen molar-refractivity contribution in [3.8, 4) is 0 Å². The number of likely N-dealkylation sites (tertiary alicyclic amines) is 1. The minimum absolute atomic E-state index is 0.0223. The average Bonchev–Trinajstić information content (AvgIpc) is 2.56. The van der Waals surface area contributed by atoms with E-state index >= 15 is 0 Å². The highest BCUT2D eigenvalue weighted by Crippen LogP contribution is 2.20. The van der Waals surface area contributed by atoms with Crippen LogP contribution in [-0.2, 0) is 9.59 Å². The number of benzene rings is 1. The molecule has 0 atom stereocenters. The zero-order chi connectivity index (χ0) is 18.2. The van der Waals surface area contributed by atoms with Crippen LogP contribution in [0.2, 0.25) is 0 Å². The summed E-state index contributed by atoms with van der Waals surface area (Å²) in [5.41, 5.74) is 0.696. The molecule has 0 saturated carbocycles. The second-order valence-electron chi connectivity index (χ2n) is 6.68. The number of hydrogen-bond acceptors (Lipinski definition) is 4. The topological polar surface area (TPSA) is 73.5 Å². The third-order valence-electron chi connectivity index (χ3n) is 4.12. The van der Waals surface area contributed by atoms with Gasteiger partial charge in [0.2, 0.25) is 11.8 Å². The lowest BCUT2D eigenvalue weighted by Gasteiger charge is -2.32. The summed E-state index contributed by atoms with van der Waals surface area (Å²) in [6, 6.07) is 8.40. The number of amides is 2. The molecule has 1 saturated heterocycles. The molecule has 0 aliphatic carbocycles. The van der Waals surface area contributed by atoms with Gasteiger partial charge in [0.05, 0.1) is 18.8 Å². The second-order valence-corrected chi connectivity index (χ2v) is 7.53. The predicted octanol–water partition coefficient (Wildman–Crippen LogP) is 1.97. The van der Waals surface area contributed by atoms with Crippen LogP contribution < -0.4 is 16.0 Å². The maximum atomic E-state index is 12.0. The summed E-state index contributed by atoms with van der Waals surface area (Å²) in [4.78, 5) is 26.1. The van der Waals surface area contributed by atoms with Crippen LogP contribution in [-0.4, -0.2) is 55.0 Å². The fraction of sp³-hybridized carbons (Fsp3) is 0.556. The molecule has 25 heavy (non-hydrogen) atoms. The Kier molecular flexibility index (Phi) is 7.87. The van der Waals surface area contributed by atoms with Crippen LogP contribution in [0.3, 0.4) is 0 Å². The standard InChI is InChI=1S/C18H27BrN4O2/c1-13(2)21-14-7-9-23(10-8-14)12-18(25)20-11-17(24)22-16-6-4-3-5-15(16)19/h3-6,13-14,21H,7-12H2,1-2H3,(H,20,25)(H,22,24). The molecule has 0 spiro atoms. The summed E-state index contributed by atoms with van der Waals surface area (Å²) < 4.78 is 0.813. The van der Waals surface area contributed by atoms with Gasteiger partial charge in [0.1, 0.15) is 0 Å². The molecule has 0 aromatic heterocycles. The third kappa shape index (κ3) is 7.13. The zero-order valence-corrected chi connectivity index (χ0v) is 16.4. The first-order valence-corrected chi connectivity index (χ1v) is 9.53. The molecular formula is C18H27BrN4O2. The SMILES string of the molecule is CC(C)NC1CCN(CC(=O)NCC(=O)Nc2ccccc2Br)CC1. The lowest BCUT2D eigenvalue weighted by Crippen LogP contribution is -2.48. The van der Waals surface area contributed by atoms with Crippen molar-refractivity contribution in [2.24, 2.45) is 0 Å². The molecule has 7 heteroatoms. The summed E-state index contributed by atoms with van der Waals surface area (Å²) in [5, 5.41) is 9.00. The van der Waals surface area contributed by atoms with E-state index in [1.807, 2.05) is 18.2 Å². The Labute approximate surface area is 157 Å². The molecule has 3 N–H and O–H groups in total. The first-order chi connectivity index (χ1) is 11.9. The maximum Gasteiger partial charge on any atom is 0.243 e. The van der Waals surface area contributed by atoms with Gasteiger partial charge in [-0.2, -0.15) is 0 Å². The first kappa shape index (κ1) is 19.9. The molecule has 0 bridgehead atoms. The van der Waals surface area contributed by atoms with E-state index in [-0.39, 0.29) is 18.4 Å². The van der Waals surface area contributed by atoms with Gasteiger partial charge >= 0.3 is 0 Å². The molecule has 1 aromatic rings. The van der Waals surface area contributed by atoms with E-state index in [4.69, 9.17) is 0 Å². The number of para-hydroxylation sites is 1. The van der Waals surface area contributed by atoms with Gasteiger partial charge in [-0.1, -0.05) is 26.0 Å². The Morgan fingerprint density at radius 1 is 1.20 bits per heavy atom. The van der Waals surface area contributed by atoms with Crippen LogP contribution in [0, 0.1) is 0 Å². The molecule has 1 fully saturated rings. The first-order valence-electron chi connectivity index (χ1n) is 8.73. The molecule has 138 valence electrons. The second kappa shape index (κ2) is 9.89. The number of halogens is 1. The molecule has 1 heterocycles. The normalized spacial score (nSPS) is 16.0. The molecule has 1 aliphatic heterocycles. The van der Waals surface area contributed by atoms with E-state index in [1.54, 1.807) is 6.07 Å². The lowest BCUT2D eigenvalue weighted by molar-refractivity contribution is -0.125. The molecule has 1 aromatic carbocycles. The number of carbonyl (C=O) groups excluding carboxylic acids is 2. The fourth-order valence-corrected chi connectivity index (χ4v) is 3.31. The van der Waals surface area contributed by atoms with E-state index in [0.717, 1.165) is 30.4 Å². The minimum Gasteiger partial charge on any atom is -0.346 e. The van der Waals surface area contributed by atoms with Crippen molar-refractivity contribution >= 4 is 33.4 Å². The number of piperidine rings is 1. The van der Waals surface area contributed by atoms with Crippen LogP contribution in [0.15, 0.2) is 28.7 Å². The Balaban J connectivity index is 1.66. The van der Waals surface area contributed by atoms with Crippen LogP contribution in [0.25, 0.3) is 0 Å². The van der Waals surface area contributed by atoms with Crippen LogP contribution in [0.4, 0.5) is 5.69 Å². The monoisotopic (exact) mass is 410 g/mol. The summed E-state index contributed by atoms with van der Waals surface area (Å²) in [6.45, 7) is 6.43. The fourth-order valence-electron chi connectivity index (χ4n) is 2.92. The Bertz CT molecular complexity index is 586. The minimum atomic E-state index is -0.236. The van der Waals surface area contributed by atoms with Gasteiger partial charge in [-0.15, -0.1) is 0 Å². The van der Waals surface area contributed by atoms with Crippen molar-refractivity contribution in [2.75, 3.05) is 31.5 Å². The van der Waals surface area contributed by atoms with Crippen LogP contribution in [0.5, 0.6) is 0 Å². The number of nitrogens with one attached hydrogen (secondary N) is 3. The van der Waals surface area contributed by atoms with E-state index in [1.165, 1.54) is 0 Å². The quantitative estimate of drug-likeness (QED) is 0.642. The average molecular weight is 411 g/mol. The zero-order valence-electron chi connectivity index (χ0n) is 14.8. The van der Waals surface area contributed by atoms with Gasteiger partial charge < -0.3 is 16.0 Å². The van der Waals surface area contributed by atoms with E-state index in [2.05, 4.69) is 50.6 Å². The highest BCUT2D eigenvalue weighted by atomic mass is 79.9. The number of anilines is 1. The summed E-state index contributed by atoms with van der Waals surface area (Å²) >= 11 is 3.38. The van der Waals surface area contributed by atoms with Gasteiger partial charge in [-0.05, 0) is 40.9 Å². The Morgan fingerprint density at radius 3 is 2.52 bits per heavy atom. The number of hydrogen-bond donors (Lipinski definition) is 3. The van der Waals surface area contributed by atoms with Crippen LogP contribution in [0.1, 0.15) is 26.7 Å². The van der Waals surface area contributed by atoms with E-state index in [0.29, 0.717) is 24.3 Å². The summed E-state index contributed by atoms with van der Waals surface area (Å²) in [5.74, 6) is -0.349. The van der Waals surface area contributed by atoms with Crippen molar-refractivity contribution in [3.05, 3.63) is 28.7 Å².